The van der Waals surface area contributed by atoms with Crippen LogP contribution >= 0.6 is 22.7 Å². The molecule has 1 amide bonds. The summed E-state index contributed by atoms with van der Waals surface area (Å²) in [6.07, 6.45) is 1.49. The van der Waals surface area contributed by atoms with Crippen LogP contribution in [0.3, 0.4) is 0 Å². The first-order valence-corrected chi connectivity index (χ1v) is 9.83. The van der Waals surface area contributed by atoms with E-state index in [4.69, 9.17) is 0 Å². The number of anilines is 1. The standard InChI is InChI=1S/C19H12N4O3S2/c24-18(17-6-3-11-27-17)22(19-21-15-4-1-2-5-16(15)28-19)20-12-13-7-9-14(10-8-13)23(25)26/h1-12H/b20-12-. The molecule has 0 aliphatic carbocycles. The van der Waals surface area contributed by atoms with Crippen LogP contribution in [0.25, 0.3) is 10.2 Å². The number of nitrogens with zero attached hydrogens (tertiary/aromatic N) is 4. The van der Waals surface area contributed by atoms with E-state index in [9.17, 15) is 14.9 Å². The number of para-hydroxylation sites is 1. The Hall–Kier alpha value is -3.43. The molecule has 0 fully saturated rings. The predicted octanol–water partition coefficient (Wildman–Crippen LogP) is 4.95. The summed E-state index contributed by atoms with van der Waals surface area (Å²) >= 11 is 2.69. The molecule has 0 unspecified atom stereocenters. The molecule has 0 aliphatic rings. The van der Waals surface area contributed by atoms with Crippen molar-refractivity contribution in [1.82, 2.24) is 4.98 Å². The van der Waals surface area contributed by atoms with Gasteiger partial charge in [-0.3, -0.25) is 14.9 Å². The Balaban J connectivity index is 1.70. The number of nitro groups is 1. The van der Waals surface area contributed by atoms with E-state index in [1.807, 2.05) is 29.6 Å². The van der Waals surface area contributed by atoms with Gasteiger partial charge < -0.3 is 0 Å². The molecule has 0 saturated carbocycles. The molecule has 138 valence electrons. The lowest BCUT2D eigenvalue weighted by Crippen LogP contribution is -2.24. The summed E-state index contributed by atoms with van der Waals surface area (Å²) in [6, 6.07) is 17.1. The molecule has 4 rings (SSSR count). The molecular formula is C19H12N4O3S2. The van der Waals surface area contributed by atoms with Crippen LogP contribution in [-0.4, -0.2) is 22.0 Å². The second-order valence-corrected chi connectivity index (χ2v) is 7.61. The van der Waals surface area contributed by atoms with Crippen molar-refractivity contribution in [2.24, 2.45) is 5.10 Å². The lowest BCUT2D eigenvalue weighted by molar-refractivity contribution is -0.384. The van der Waals surface area contributed by atoms with Crippen molar-refractivity contribution in [3.63, 3.8) is 0 Å². The van der Waals surface area contributed by atoms with Gasteiger partial charge in [0, 0.05) is 12.1 Å². The Morgan fingerprint density at radius 2 is 1.89 bits per heavy atom. The highest BCUT2D eigenvalue weighted by Gasteiger charge is 2.21. The van der Waals surface area contributed by atoms with Crippen molar-refractivity contribution < 1.29 is 9.72 Å². The molecule has 0 spiro atoms. The summed E-state index contributed by atoms with van der Waals surface area (Å²) in [5.74, 6) is -0.285. The number of benzene rings is 2. The lowest BCUT2D eigenvalue weighted by Gasteiger charge is -2.12. The topological polar surface area (TPSA) is 88.7 Å². The molecule has 9 heteroatoms. The first kappa shape index (κ1) is 18.0. The lowest BCUT2D eigenvalue weighted by atomic mass is 10.2. The van der Waals surface area contributed by atoms with Gasteiger partial charge in [-0.25, -0.2) is 4.98 Å². The maximum Gasteiger partial charge on any atom is 0.290 e. The summed E-state index contributed by atoms with van der Waals surface area (Å²) in [7, 11) is 0. The first-order chi connectivity index (χ1) is 13.6. The molecule has 2 heterocycles. The third-order valence-corrected chi connectivity index (χ3v) is 5.68. The molecule has 2 aromatic carbocycles. The summed E-state index contributed by atoms with van der Waals surface area (Å²) < 4.78 is 0.951. The number of fused-ring (bicyclic) bond motifs is 1. The van der Waals surface area contributed by atoms with E-state index in [1.165, 1.54) is 46.0 Å². The number of nitro benzene ring substituents is 1. The summed E-state index contributed by atoms with van der Waals surface area (Å²) in [4.78, 5) is 28.3. The highest BCUT2D eigenvalue weighted by molar-refractivity contribution is 7.22. The minimum absolute atomic E-state index is 0.00478. The van der Waals surface area contributed by atoms with Gasteiger partial charge in [-0.05, 0) is 41.3 Å². The number of thiazole rings is 1. The molecule has 2 aromatic heterocycles. The molecule has 28 heavy (non-hydrogen) atoms. The van der Waals surface area contributed by atoms with Crippen LogP contribution < -0.4 is 5.01 Å². The highest BCUT2D eigenvalue weighted by atomic mass is 32.1. The second kappa shape index (κ2) is 7.67. The Kier molecular flexibility index (Phi) is 4.92. The van der Waals surface area contributed by atoms with Crippen LogP contribution in [-0.2, 0) is 0 Å². The number of carbonyl (C=O) groups excluding carboxylic acids is 1. The quantitative estimate of drug-likeness (QED) is 0.266. The second-order valence-electron chi connectivity index (χ2n) is 5.65. The van der Waals surface area contributed by atoms with Crippen molar-refractivity contribution in [1.29, 1.82) is 0 Å². The molecular weight excluding hydrogens is 396 g/mol. The van der Waals surface area contributed by atoms with Crippen LogP contribution in [0.15, 0.2) is 71.1 Å². The highest BCUT2D eigenvalue weighted by Crippen LogP contribution is 2.30. The van der Waals surface area contributed by atoms with Gasteiger partial charge in [0.2, 0.25) is 5.13 Å². The number of amides is 1. The van der Waals surface area contributed by atoms with E-state index in [-0.39, 0.29) is 11.6 Å². The van der Waals surface area contributed by atoms with Gasteiger partial charge in [-0.1, -0.05) is 29.5 Å². The average Bonchev–Trinajstić information content (AvgIpc) is 3.38. The van der Waals surface area contributed by atoms with Gasteiger partial charge in [0.05, 0.1) is 26.2 Å². The summed E-state index contributed by atoms with van der Waals surface area (Å²) in [5.41, 5.74) is 1.42. The number of thiophene rings is 1. The van der Waals surface area contributed by atoms with Crippen LogP contribution in [0.2, 0.25) is 0 Å². The van der Waals surface area contributed by atoms with Crippen LogP contribution in [0, 0.1) is 10.1 Å². The number of hydrogen-bond donors (Lipinski definition) is 0. The zero-order valence-corrected chi connectivity index (χ0v) is 15.9. The fraction of sp³-hybridized carbons (Fsp3) is 0. The average molecular weight is 408 g/mol. The smallest absolute Gasteiger partial charge is 0.266 e. The van der Waals surface area contributed by atoms with Gasteiger partial charge in [0.1, 0.15) is 0 Å². The number of hydrazone groups is 1. The van der Waals surface area contributed by atoms with Crippen LogP contribution in [0.5, 0.6) is 0 Å². The predicted molar refractivity (Wildman–Crippen MR) is 111 cm³/mol. The maximum atomic E-state index is 12.9. The van der Waals surface area contributed by atoms with Crippen molar-refractivity contribution >= 4 is 55.8 Å². The Bertz CT molecular complexity index is 1130. The summed E-state index contributed by atoms with van der Waals surface area (Å²) in [5, 5.41) is 18.7. The van der Waals surface area contributed by atoms with Crippen molar-refractivity contribution in [2.75, 3.05) is 5.01 Å². The van der Waals surface area contributed by atoms with Gasteiger partial charge >= 0.3 is 0 Å². The molecule has 0 atom stereocenters. The van der Waals surface area contributed by atoms with Crippen molar-refractivity contribution in [3.05, 3.63) is 86.6 Å². The number of carbonyl (C=O) groups is 1. The SMILES string of the molecule is O=C(c1cccs1)N(/N=C\c1ccc([N+](=O)[O-])cc1)c1nc2ccccc2s1. The van der Waals surface area contributed by atoms with E-state index < -0.39 is 4.92 Å². The van der Waals surface area contributed by atoms with Crippen LogP contribution in [0.1, 0.15) is 15.2 Å². The molecule has 7 nitrogen and oxygen atoms in total. The molecule has 4 aromatic rings. The van der Waals surface area contributed by atoms with Gasteiger partial charge in [-0.2, -0.15) is 10.1 Å². The molecule has 0 bridgehead atoms. The third-order valence-electron chi connectivity index (χ3n) is 3.81. The van der Waals surface area contributed by atoms with E-state index >= 15 is 0 Å². The zero-order valence-electron chi connectivity index (χ0n) is 14.3. The fourth-order valence-corrected chi connectivity index (χ4v) is 4.02. The minimum Gasteiger partial charge on any atom is -0.266 e. The minimum atomic E-state index is -0.464. The number of hydrogen-bond acceptors (Lipinski definition) is 7. The molecule has 0 aliphatic heterocycles. The number of aromatic nitrogens is 1. The van der Waals surface area contributed by atoms with Crippen molar-refractivity contribution in [2.45, 2.75) is 0 Å². The maximum absolute atomic E-state index is 12.9. The van der Waals surface area contributed by atoms with Crippen LogP contribution in [0.4, 0.5) is 10.8 Å². The largest absolute Gasteiger partial charge is 0.290 e. The van der Waals surface area contributed by atoms with Gasteiger partial charge in [0.15, 0.2) is 0 Å². The van der Waals surface area contributed by atoms with E-state index in [2.05, 4.69) is 10.1 Å². The number of rotatable bonds is 5. The van der Waals surface area contributed by atoms with E-state index in [0.29, 0.717) is 15.6 Å². The van der Waals surface area contributed by atoms with E-state index in [0.717, 1.165) is 10.2 Å². The Morgan fingerprint density at radius 3 is 2.57 bits per heavy atom. The first-order valence-electron chi connectivity index (χ1n) is 8.14. The van der Waals surface area contributed by atoms with Gasteiger partial charge in [0.25, 0.3) is 11.6 Å². The van der Waals surface area contributed by atoms with Gasteiger partial charge in [-0.15, -0.1) is 11.3 Å². The molecule has 0 radical (unpaired) electrons. The normalized spacial score (nSPS) is 11.1. The molecule has 0 saturated heterocycles. The monoisotopic (exact) mass is 408 g/mol. The third kappa shape index (κ3) is 3.66. The zero-order chi connectivity index (χ0) is 19.5. The summed E-state index contributed by atoms with van der Waals surface area (Å²) in [6.45, 7) is 0. The molecule has 0 N–H and O–H groups in total. The Labute approximate surface area is 167 Å². The number of non-ortho nitro benzene ring substituents is 1. The van der Waals surface area contributed by atoms with E-state index in [1.54, 1.807) is 24.3 Å². The Morgan fingerprint density at radius 1 is 1.11 bits per heavy atom. The fourth-order valence-electron chi connectivity index (χ4n) is 2.45. The van der Waals surface area contributed by atoms with Crippen molar-refractivity contribution in [3.8, 4) is 0 Å².